The highest BCUT2D eigenvalue weighted by atomic mass is 14.6. The molecule has 1 radical (unpaired) electrons. The molecule has 4 aliphatic carbocycles. The van der Waals surface area contributed by atoms with Gasteiger partial charge in [0.1, 0.15) is 0 Å². The van der Waals surface area contributed by atoms with Crippen LogP contribution in [0.25, 0.3) is 0 Å². The fraction of sp³-hybridized carbons (Fsp3) is 0.828. The summed E-state index contributed by atoms with van der Waals surface area (Å²) in [5.41, 5.74) is 3.05. The normalized spacial score (nSPS) is 44.2. The molecule has 163 valence electrons. The zero-order valence-corrected chi connectivity index (χ0v) is 20.2. The predicted octanol–water partition coefficient (Wildman–Crippen LogP) is 8.64. The molecule has 8 atom stereocenters. The smallest absolute Gasteiger partial charge is 0.0143 e. The maximum Gasteiger partial charge on any atom is -0.0143 e. The molecule has 4 aliphatic rings. The second kappa shape index (κ2) is 8.20. The van der Waals surface area contributed by atoms with Crippen LogP contribution < -0.4 is 0 Å². The molecule has 4 rings (SSSR count). The van der Waals surface area contributed by atoms with Gasteiger partial charge in [-0.2, -0.15) is 0 Å². The zero-order valence-electron chi connectivity index (χ0n) is 20.2. The van der Waals surface area contributed by atoms with Crippen molar-refractivity contribution in [1.29, 1.82) is 0 Å². The van der Waals surface area contributed by atoms with E-state index < -0.39 is 0 Å². The summed E-state index contributed by atoms with van der Waals surface area (Å²) in [4.78, 5) is 0. The van der Waals surface area contributed by atoms with Crippen LogP contribution in [0.15, 0.2) is 23.8 Å². The van der Waals surface area contributed by atoms with E-state index in [1.165, 1.54) is 57.8 Å². The van der Waals surface area contributed by atoms with Gasteiger partial charge in [-0.05, 0) is 116 Å². The van der Waals surface area contributed by atoms with Crippen LogP contribution in [-0.4, -0.2) is 0 Å². The third kappa shape index (κ3) is 3.59. The van der Waals surface area contributed by atoms with Crippen LogP contribution in [0, 0.1) is 58.7 Å². The summed E-state index contributed by atoms with van der Waals surface area (Å²) in [6.07, 6.45) is 23.2. The lowest BCUT2D eigenvalue weighted by molar-refractivity contribution is 0.00374. The highest BCUT2D eigenvalue weighted by Crippen LogP contribution is 2.66. The van der Waals surface area contributed by atoms with Gasteiger partial charge in [-0.25, -0.2) is 0 Å². The number of allylic oxidation sites excluding steroid dienone is 4. The van der Waals surface area contributed by atoms with Crippen LogP contribution >= 0.6 is 0 Å². The molecule has 0 saturated heterocycles. The average Bonchev–Trinajstić information content (AvgIpc) is 3.05. The lowest BCUT2D eigenvalue weighted by Gasteiger charge is -2.57. The van der Waals surface area contributed by atoms with Gasteiger partial charge in [-0.3, -0.25) is 0 Å². The van der Waals surface area contributed by atoms with Crippen LogP contribution in [-0.2, 0) is 0 Å². The van der Waals surface area contributed by atoms with E-state index in [4.69, 9.17) is 0 Å². The van der Waals surface area contributed by atoms with E-state index in [0.717, 1.165) is 41.4 Å². The van der Waals surface area contributed by atoms with Gasteiger partial charge in [0.15, 0.2) is 0 Å². The van der Waals surface area contributed by atoms with Crippen molar-refractivity contribution in [2.24, 2.45) is 52.3 Å². The molecule has 3 saturated carbocycles. The Hall–Kier alpha value is -0.520. The van der Waals surface area contributed by atoms with Crippen LogP contribution in [0.1, 0.15) is 99.3 Å². The van der Waals surface area contributed by atoms with Crippen LogP contribution in [0.4, 0.5) is 0 Å². The Bertz CT molecular complexity index is 638. The molecule has 3 fully saturated rings. The van der Waals surface area contributed by atoms with E-state index in [1.54, 1.807) is 0 Å². The highest BCUT2D eigenvalue weighted by Gasteiger charge is 2.57. The Labute approximate surface area is 182 Å². The molecule has 0 bridgehead atoms. The van der Waals surface area contributed by atoms with Gasteiger partial charge in [0.25, 0.3) is 0 Å². The zero-order chi connectivity index (χ0) is 20.8. The van der Waals surface area contributed by atoms with Gasteiger partial charge >= 0.3 is 0 Å². The molecule has 0 aromatic heterocycles. The number of hydrogen-bond donors (Lipinski definition) is 0. The molecule has 1 unspecified atom stereocenters. The molecule has 0 nitrogen and oxygen atoms in total. The van der Waals surface area contributed by atoms with Gasteiger partial charge in [0, 0.05) is 0 Å². The summed E-state index contributed by atoms with van der Waals surface area (Å²) in [5, 5.41) is 0. The Balaban J connectivity index is 1.53. The molecule has 0 aromatic carbocycles. The van der Waals surface area contributed by atoms with E-state index in [-0.39, 0.29) is 0 Å². The van der Waals surface area contributed by atoms with Crippen molar-refractivity contribution in [2.75, 3.05) is 0 Å². The fourth-order valence-electron chi connectivity index (χ4n) is 8.48. The molecule has 0 amide bonds. The van der Waals surface area contributed by atoms with E-state index in [2.05, 4.69) is 66.2 Å². The molecule has 0 aliphatic heterocycles. The molecule has 0 heteroatoms. The first-order valence-electron chi connectivity index (χ1n) is 13.0. The van der Waals surface area contributed by atoms with Crippen LogP contribution in [0.3, 0.4) is 0 Å². The summed E-state index contributed by atoms with van der Waals surface area (Å²) < 4.78 is 0. The number of fused-ring (bicyclic) bond motifs is 5. The van der Waals surface area contributed by atoms with Gasteiger partial charge in [0.2, 0.25) is 0 Å². The van der Waals surface area contributed by atoms with E-state index >= 15 is 0 Å². The summed E-state index contributed by atoms with van der Waals surface area (Å²) in [5.74, 6) is 5.81. The standard InChI is InChI=1S/C29H47/c1-7-22(20(2)3)12-11-21(4)25-15-16-26-24-14-13-23-10-8-9-18-28(23,5)27(24)17-19-29(25,26)6/h8,11-12,14,20-23,25-27H,7,9-10,13,15-19H2,1-6H3/b12-11+/t21-,22-,23?,25-,26+,27+,28+,29-/m1/s1. The van der Waals surface area contributed by atoms with Crippen molar-refractivity contribution in [1.82, 2.24) is 0 Å². The van der Waals surface area contributed by atoms with Crippen molar-refractivity contribution < 1.29 is 0 Å². The number of hydrogen-bond acceptors (Lipinski definition) is 0. The Morgan fingerprint density at radius 3 is 2.45 bits per heavy atom. The topological polar surface area (TPSA) is 0 Å². The third-order valence-corrected chi connectivity index (χ3v) is 10.5. The van der Waals surface area contributed by atoms with Gasteiger partial charge in [0.05, 0.1) is 0 Å². The van der Waals surface area contributed by atoms with Crippen molar-refractivity contribution in [3.63, 3.8) is 0 Å². The molecule has 29 heavy (non-hydrogen) atoms. The lowest BCUT2D eigenvalue weighted by atomic mass is 9.48. The number of rotatable bonds is 5. The Kier molecular flexibility index (Phi) is 6.14. The highest BCUT2D eigenvalue weighted by molar-refractivity contribution is 5.28. The van der Waals surface area contributed by atoms with Crippen molar-refractivity contribution in [3.8, 4) is 0 Å². The van der Waals surface area contributed by atoms with E-state index in [0.29, 0.717) is 10.8 Å². The molecular formula is C29H47. The molecule has 0 N–H and O–H groups in total. The Morgan fingerprint density at radius 2 is 1.72 bits per heavy atom. The van der Waals surface area contributed by atoms with Crippen LogP contribution in [0.5, 0.6) is 0 Å². The van der Waals surface area contributed by atoms with Crippen LogP contribution in [0.2, 0.25) is 0 Å². The molecule has 0 aromatic rings. The average molecular weight is 396 g/mol. The summed E-state index contributed by atoms with van der Waals surface area (Å²) >= 11 is 0. The molecule has 0 heterocycles. The summed E-state index contributed by atoms with van der Waals surface area (Å²) in [6, 6.07) is 0. The second-order valence-corrected chi connectivity index (χ2v) is 12.1. The first-order chi connectivity index (χ1) is 13.8. The Morgan fingerprint density at radius 1 is 0.966 bits per heavy atom. The third-order valence-electron chi connectivity index (χ3n) is 10.5. The predicted molar refractivity (Wildman–Crippen MR) is 126 cm³/mol. The van der Waals surface area contributed by atoms with Crippen molar-refractivity contribution >= 4 is 0 Å². The lowest BCUT2D eigenvalue weighted by Crippen LogP contribution is -2.48. The van der Waals surface area contributed by atoms with Crippen molar-refractivity contribution in [3.05, 3.63) is 30.2 Å². The maximum absolute atomic E-state index is 2.76. The van der Waals surface area contributed by atoms with E-state index in [9.17, 15) is 0 Å². The largest absolute Gasteiger partial charge is 0.0851 e. The summed E-state index contributed by atoms with van der Waals surface area (Å²) in [7, 11) is 0. The van der Waals surface area contributed by atoms with Crippen molar-refractivity contribution in [2.45, 2.75) is 99.3 Å². The quantitative estimate of drug-likeness (QED) is 0.408. The van der Waals surface area contributed by atoms with Gasteiger partial charge < -0.3 is 0 Å². The molecular weight excluding hydrogens is 348 g/mol. The van der Waals surface area contributed by atoms with E-state index in [1.807, 2.05) is 5.57 Å². The fourth-order valence-corrected chi connectivity index (χ4v) is 8.48. The molecule has 0 spiro atoms. The van der Waals surface area contributed by atoms with Gasteiger partial charge in [-0.1, -0.05) is 65.3 Å². The second-order valence-electron chi connectivity index (χ2n) is 12.1. The summed E-state index contributed by atoms with van der Waals surface area (Å²) in [6.45, 7) is 15.0. The minimum absolute atomic E-state index is 0.537. The monoisotopic (exact) mass is 395 g/mol. The maximum atomic E-state index is 2.76. The van der Waals surface area contributed by atoms with Gasteiger partial charge in [-0.15, -0.1) is 0 Å². The minimum atomic E-state index is 0.537. The first-order valence-corrected chi connectivity index (χ1v) is 13.0. The minimum Gasteiger partial charge on any atom is -0.0851 e. The SMILES string of the molecule is CC[C@H](/C=C/[C@@H](C)[C@H]1CC[C@H]2C3=CCC4C[CH]CC[C@]4(C)[C@H]3CC[C@]12C)C(C)C. The first kappa shape index (κ1) is 21.7.